The number of carbonyl (C=O) groups excluding carboxylic acids is 5. The molecule has 1 aromatic rings. The van der Waals surface area contributed by atoms with E-state index in [2.05, 4.69) is 24.1 Å². The summed E-state index contributed by atoms with van der Waals surface area (Å²) in [7, 11) is 0. The number of thiazole rings is 1. The van der Waals surface area contributed by atoms with Crippen molar-refractivity contribution < 1.29 is 38.2 Å². The fraction of sp³-hybridized carbons (Fsp3) is 0.600. The Balaban J connectivity index is 1.72. The summed E-state index contributed by atoms with van der Waals surface area (Å²) in [6.07, 6.45) is 0.523. The van der Waals surface area contributed by atoms with E-state index >= 15 is 0 Å². The van der Waals surface area contributed by atoms with E-state index in [0.29, 0.717) is 28.9 Å². The molecule has 3 atom stereocenters. The van der Waals surface area contributed by atoms with Crippen LogP contribution in [0.5, 0.6) is 0 Å². The summed E-state index contributed by atoms with van der Waals surface area (Å²) in [5, 5.41) is 4.16. The molecule has 0 spiro atoms. The van der Waals surface area contributed by atoms with Gasteiger partial charge in [-0.2, -0.15) is 0 Å². The molecule has 1 saturated heterocycles. The molecule has 3 heterocycles. The highest BCUT2D eigenvalue weighted by Crippen LogP contribution is 2.41. The molecule has 3 rings (SSSR count). The Morgan fingerprint density at radius 2 is 1.97 bits per heavy atom. The Kier molecular flexibility index (Phi) is 10.9. The highest BCUT2D eigenvalue weighted by atomic mass is 32.2. The predicted molar refractivity (Wildman–Crippen MR) is 144 cm³/mol. The zero-order valence-corrected chi connectivity index (χ0v) is 24.0. The predicted octanol–water partition coefficient (Wildman–Crippen LogP) is 1.79. The summed E-state index contributed by atoms with van der Waals surface area (Å²) >= 11 is 2.53. The number of nitrogens with zero attached hydrogens (tertiary/aromatic N) is 2. The van der Waals surface area contributed by atoms with Crippen molar-refractivity contribution in [2.24, 2.45) is 5.92 Å². The minimum Gasteiger partial charge on any atom is -0.461 e. The van der Waals surface area contributed by atoms with Crippen LogP contribution in [0.4, 0.5) is 5.13 Å². The number of carbonyl (C=O) groups is 5. The number of amides is 2. The van der Waals surface area contributed by atoms with Crippen molar-refractivity contribution in [3.05, 3.63) is 22.3 Å². The fourth-order valence-corrected chi connectivity index (χ4v) is 5.92. The number of Topliss-reactive ketones (excluding diaryl/α,β-unsaturated/α-hetero) is 1. The number of β-lactam (4-membered cyclic amide) rings is 1. The smallest absolute Gasteiger partial charge is 0.357 e. The van der Waals surface area contributed by atoms with Crippen LogP contribution in [-0.2, 0) is 44.6 Å². The van der Waals surface area contributed by atoms with Crippen LogP contribution >= 0.6 is 23.1 Å². The minimum absolute atomic E-state index is 0.0394. The molecule has 1 aromatic heterocycles. The van der Waals surface area contributed by atoms with Crippen molar-refractivity contribution in [3.8, 4) is 0 Å². The molecule has 1 unspecified atom stereocenters. The Labute approximate surface area is 235 Å². The summed E-state index contributed by atoms with van der Waals surface area (Å²) in [4.78, 5) is 67.5. The van der Waals surface area contributed by atoms with Crippen molar-refractivity contribution in [1.29, 1.82) is 0 Å². The first-order valence-corrected chi connectivity index (χ1v) is 14.6. The zero-order valence-electron chi connectivity index (χ0n) is 22.4. The van der Waals surface area contributed by atoms with Crippen LogP contribution in [0.2, 0.25) is 0 Å². The molecule has 2 amide bonds. The molecule has 0 radical (unpaired) electrons. The van der Waals surface area contributed by atoms with E-state index < -0.39 is 47.9 Å². The van der Waals surface area contributed by atoms with Crippen LogP contribution in [-0.4, -0.2) is 76.1 Å². The molecule has 0 bridgehead atoms. The Bertz CT molecular complexity index is 1130. The number of nitrogen functional groups attached to an aromatic ring is 1. The molecule has 214 valence electrons. The van der Waals surface area contributed by atoms with Crippen LogP contribution in [0.1, 0.15) is 52.7 Å². The van der Waals surface area contributed by atoms with Gasteiger partial charge in [0, 0.05) is 16.7 Å². The largest absolute Gasteiger partial charge is 0.461 e. The first-order valence-electron chi connectivity index (χ1n) is 12.7. The van der Waals surface area contributed by atoms with Gasteiger partial charge in [-0.1, -0.05) is 26.7 Å². The first-order chi connectivity index (χ1) is 18.5. The number of hydrogen-bond donors (Lipinski definition) is 2. The number of nitrogens with two attached hydrogens (primary N) is 1. The summed E-state index contributed by atoms with van der Waals surface area (Å²) in [6.45, 7) is 7.09. The number of thioether (sulfide) groups is 1. The van der Waals surface area contributed by atoms with Crippen molar-refractivity contribution in [2.75, 3.05) is 24.7 Å². The van der Waals surface area contributed by atoms with Crippen LogP contribution in [0.3, 0.4) is 0 Å². The van der Waals surface area contributed by atoms with Gasteiger partial charge < -0.3 is 25.3 Å². The number of hydrogen-bond acceptors (Lipinski definition) is 12. The monoisotopic (exact) mass is 582 g/mol. The Morgan fingerprint density at radius 3 is 2.59 bits per heavy atom. The highest BCUT2D eigenvalue weighted by molar-refractivity contribution is 8.00. The topological polar surface area (TPSA) is 167 Å². The molecule has 3 N–H and O–H groups in total. The third-order valence-corrected chi connectivity index (χ3v) is 8.33. The lowest BCUT2D eigenvalue weighted by atomic mass is 10.0. The van der Waals surface area contributed by atoms with E-state index in [0.717, 1.165) is 12.8 Å². The molecule has 1 fully saturated rings. The fourth-order valence-electron chi connectivity index (χ4n) is 4.03. The number of ether oxygens (including phenoxy) is 3. The lowest BCUT2D eigenvalue weighted by Crippen LogP contribution is -2.70. The number of fused-ring (bicyclic) bond motifs is 1. The van der Waals surface area contributed by atoms with Gasteiger partial charge in [-0.3, -0.25) is 24.1 Å². The number of esters is 2. The highest BCUT2D eigenvalue weighted by Gasteiger charge is 2.54. The first kappa shape index (κ1) is 30.6. The molecule has 2 aliphatic heterocycles. The molecule has 39 heavy (non-hydrogen) atoms. The second kappa shape index (κ2) is 13.9. The quantitative estimate of drug-likeness (QED) is 0.142. The van der Waals surface area contributed by atoms with Gasteiger partial charge in [-0.25, -0.2) is 9.78 Å². The van der Waals surface area contributed by atoms with Crippen molar-refractivity contribution in [3.63, 3.8) is 0 Å². The third kappa shape index (κ3) is 8.02. The lowest BCUT2D eigenvalue weighted by Gasteiger charge is -2.49. The third-order valence-electron chi connectivity index (χ3n) is 6.26. The molecular weight excluding hydrogens is 548 g/mol. The second-order valence-electron chi connectivity index (χ2n) is 9.29. The van der Waals surface area contributed by atoms with Gasteiger partial charge >= 0.3 is 11.9 Å². The van der Waals surface area contributed by atoms with E-state index in [1.54, 1.807) is 12.3 Å². The van der Waals surface area contributed by atoms with Crippen LogP contribution in [0.15, 0.2) is 16.7 Å². The number of rotatable bonds is 14. The molecule has 0 aliphatic carbocycles. The Hall–Kier alpha value is -2.97. The normalized spacial score (nSPS) is 19.3. The number of aromatic nitrogens is 1. The zero-order chi connectivity index (χ0) is 28.7. The second-order valence-corrected chi connectivity index (χ2v) is 11.3. The average molecular weight is 583 g/mol. The SMILES string of the molecule is CCC(CC)COC(C)OC(=O)C1=C(COC(=O)CC(C)=O)CS[C@H]2[C@H](NC(=O)Cc3csc(N)n3)C(=O)N12. The maximum Gasteiger partial charge on any atom is 0.357 e. The Morgan fingerprint density at radius 1 is 1.26 bits per heavy atom. The maximum absolute atomic E-state index is 13.3. The van der Waals surface area contributed by atoms with Gasteiger partial charge in [0.1, 0.15) is 35.9 Å². The van der Waals surface area contributed by atoms with Crippen molar-refractivity contribution in [1.82, 2.24) is 15.2 Å². The van der Waals surface area contributed by atoms with Gasteiger partial charge in [0.25, 0.3) is 5.91 Å². The minimum atomic E-state index is -0.877. The summed E-state index contributed by atoms with van der Waals surface area (Å²) < 4.78 is 16.4. The van der Waals surface area contributed by atoms with Crippen molar-refractivity contribution in [2.45, 2.75) is 71.1 Å². The van der Waals surface area contributed by atoms with E-state index in [1.807, 2.05) is 0 Å². The van der Waals surface area contributed by atoms with Gasteiger partial charge in [0.2, 0.25) is 12.2 Å². The summed E-state index contributed by atoms with van der Waals surface area (Å²) in [5.41, 5.74) is 6.43. The van der Waals surface area contributed by atoms with E-state index in [4.69, 9.17) is 19.9 Å². The standard InChI is InChI=1S/C25H34N4O8S2/c1-5-15(6-2)9-35-14(4)37-24(34)21-16(10-36-19(32)7-13(3)30)11-38-23-20(22(33)29(21)23)28-18(31)8-17-12-39-25(26)27-17/h12,14-15,20,23H,5-11H2,1-4H3,(H2,26,27)(H,28,31)/t14?,20-,23+/m1/s1. The summed E-state index contributed by atoms with van der Waals surface area (Å²) in [5.74, 6) is -2.23. The van der Waals surface area contributed by atoms with E-state index in [-0.39, 0.29) is 30.3 Å². The lowest BCUT2D eigenvalue weighted by molar-refractivity contribution is -0.177. The van der Waals surface area contributed by atoms with Crippen LogP contribution in [0, 0.1) is 5.92 Å². The molecule has 2 aliphatic rings. The molecule has 14 heteroatoms. The number of anilines is 1. The van der Waals surface area contributed by atoms with Crippen LogP contribution in [0.25, 0.3) is 0 Å². The molecule has 0 saturated carbocycles. The number of nitrogens with one attached hydrogen (secondary N) is 1. The van der Waals surface area contributed by atoms with E-state index in [1.165, 1.54) is 34.9 Å². The molecular formula is C25H34N4O8S2. The van der Waals surface area contributed by atoms with Gasteiger partial charge in [-0.15, -0.1) is 23.1 Å². The number of ketones is 1. The maximum atomic E-state index is 13.3. The van der Waals surface area contributed by atoms with Gasteiger partial charge in [-0.05, 0) is 19.8 Å². The van der Waals surface area contributed by atoms with Gasteiger partial charge in [0.05, 0.1) is 18.7 Å². The average Bonchev–Trinajstić information content (AvgIpc) is 3.29. The summed E-state index contributed by atoms with van der Waals surface area (Å²) in [6, 6.07) is -0.855. The van der Waals surface area contributed by atoms with Crippen molar-refractivity contribution >= 4 is 57.8 Å². The molecule has 12 nitrogen and oxygen atoms in total. The van der Waals surface area contributed by atoms with Gasteiger partial charge in [0.15, 0.2) is 5.13 Å². The molecule has 0 aromatic carbocycles. The van der Waals surface area contributed by atoms with E-state index in [9.17, 15) is 24.0 Å². The van der Waals surface area contributed by atoms with Crippen LogP contribution < -0.4 is 11.1 Å².